The average molecular weight is 487 g/mol. The van der Waals surface area contributed by atoms with Crippen LogP contribution in [0.3, 0.4) is 0 Å². The summed E-state index contributed by atoms with van der Waals surface area (Å²) < 4.78 is 27.1. The van der Waals surface area contributed by atoms with Crippen LogP contribution in [0.1, 0.15) is 45.8 Å². The van der Waals surface area contributed by atoms with E-state index in [0.717, 1.165) is 40.1 Å². The van der Waals surface area contributed by atoms with Crippen LogP contribution >= 0.6 is 11.8 Å². The van der Waals surface area contributed by atoms with Crippen LogP contribution in [0.4, 0.5) is 8.78 Å². The number of pyridine rings is 2. The first-order valence-electron chi connectivity index (χ1n) is 11.0. The van der Waals surface area contributed by atoms with E-state index in [4.69, 9.17) is 0 Å². The Morgan fingerprint density at radius 1 is 1.03 bits per heavy atom. The summed E-state index contributed by atoms with van der Waals surface area (Å²) in [6.45, 7) is 1.69. The highest BCUT2D eigenvalue weighted by molar-refractivity contribution is 8.01. The topological polar surface area (TPSA) is 63.1 Å². The lowest BCUT2D eigenvalue weighted by Crippen LogP contribution is -2.15. The van der Waals surface area contributed by atoms with E-state index in [0.29, 0.717) is 16.6 Å². The van der Waals surface area contributed by atoms with Gasteiger partial charge in [0.05, 0.1) is 22.2 Å². The summed E-state index contributed by atoms with van der Waals surface area (Å²) in [5, 5.41) is 9.25. The number of carboxylic acids is 1. The average Bonchev–Trinajstić information content (AvgIpc) is 3.00. The van der Waals surface area contributed by atoms with E-state index in [9.17, 15) is 18.7 Å². The number of rotatable bonds is 5. The first kappa shape index (κ1) is 22.9. The minimum absolute atomic E-state index is 0.209. The molecule has 0 aliphatic heterocycles. The zero-order valence-electron chi connectivity index (χ0n) is 18.7. The number of fused-ring (bicyclic) bond motifs is 3. The fourth-order valence-corrected chi connectivity index (χ4v) is 5.24. The molecule has 0 bridgehead atoms. The Morgan fingerprint density at radius 3 is 2.69 bits per heavy atom. The third-order valence-corrected chi connectivity index (χ3v) is 7.25. The lowest BCUT2D eigenvalue weighted by molar-refractivity contribution is -0.136. The largest absolute Gasteiger partial charge is 0.480 e. The minimum atomic E-state index is -0.932. The highest BCUT2D eigenvalue weighted by Crippen LogP contribution is 2.43. The summed E-state index contributed by atoms with van der Waals surface area (Å²) in [5.74, 6) is -2.70. The number of thioether (sulfide) groups is 1. The molecule has 2 aromatic heterocycles. The third-order valence-electron chi connectivity index (χ3n) is 5.86. The summed E-state index contributed by atoms with van der Waals surface area (Å²) in [4.78, 5) is 20.5. The van der Waals surface area contributed by atoms with Gasteiger partial charge in [0.25, 0.3) is 0 Å². The second-order valence-corrected chi connectivity index (χ2v) is 9.68. The second-order valence-electron chi connectivity index (χ2n) is 8.22. The molecule has 4 nitrogen and oxygen atoms in total. The maximum Gasteiger partial charge on any atom is 0.316 e. The van der Waals surface area contributed by atoms with Crippen LogP contribution in [0.25, 0.3) is 35.2 Å². The number of nitrogens with zero attached hydrogens (tertiary/aromatic N) is 2. The normalized spacial score (nSPS) is 15.6. The predicted molar refractivity (Wildman–Crippen MR) is 137 cm³/mol. The number of carbonyl (C=O) groups is 1. The zero-order chi connectivity index (χ0) is 24.5. The fraction of sp³-hybridized carbons (Fsp3) is 0.107. The van der Waals surface area contributed by atoms with Crippen LogP contribution in [-0.4, -0.2) is 26.3 Å². The van der Waals surface area contributed by atoms with E-state index in [2.05, 4.69) is 9.97 Å². The van der Waals surface area contributed by atoms with Gasteiger partial charge in [-0.05, 0) is 65.6 Å². The van der Waals surface area contributed by atoms with Gasteiger partial charge in [-0.25, -0.2) is 13.8 Å². The number of carboxylic acid groups (broad SMARTS) is 1. The summed E-state index contributed by atoms with van der Waals surface area (Å²) in [7, 11) is 0. The van der Waals surface area contributed by atoms with Gasteiger partial charge in [0.2, 0.25) is 0 Å². The van der Waals surface area contributed by atoms with Crippen molar-refractivity contribution in [1.82, 2.24) is 9.97 Å². The molecule has 1 aliphatic carbocycles. The fourth-order valence-electron chi connectivity index (χ4n) is 4.02. The second kappa shape index (κ2) is 9.43. The SMILES string of the molecule is CC(SC1c2cc(C=Cc3ccc4cc(F)c(F)cc4n3)ccc2C=Cc2ncccc21)C(=O)O. The molecule has 0 amide bonds. The smallest absolute Gasteiger partial charge is 0.316 e. The summed E-state index contributed by atoms with van der Waals surface area (Å²) in [5.41, 5.74) is 5.67. The monoisotopic (exact) mass is 486 g/mol. The van der Waals surface area contributed by atoms with Crippen molar-refractivity contribution in [1.29, 1.82) is 0 Å². The third kappa shape index (κ3) is 4.72. The lowest BCUT2D eigenvalue weighted by Gasteiger charge is -2.22. The predicted octanol–water partition coefficient (Wildman–Crippen LogP) is 6.86. The Morgan fingerprint density at radius 2 is 1.86 bits per heavy atom. The molecule has 5 rings (SSSR count). The Hall–Kier alpha value is -3.84. The molecule has 35 heavy (non-hydrogen) atoms. The standard InChI is InChI=1S/C28H20F2N2O2S/c1-16(28(33)34)35-27-21-3-2-12-31-25(21)11-8-18-6-4-17(13-22(18)27)5-9-20-10-7-19-14-23(29)24(30)15-26(19)32-20/h2-16,27H,1H3,(H,33,34). The molecule has 2 aromatic carbocycles. The lowest BCUT2D eigenvalue weighted by atomic mass is 9.98. The minimum Gasteiger partial charge on any atom is -0.480 e. The van der Waals surface area contributed by atoms with Crippen molar-refractivity contribution < 1.29 is 18.7 Å². The molecule has 2 heterocycles. The van der Waals surface area contributed by atoms with E-state index in [1.807, 2.05) is 54.6 Å². The van der Waals surface area contributed by atoms with Gasteiger partial charge in [0.15, 0.2) is 11.6 Å². The van der Waals surface area contributed by atoms with Crippen molar-refractivity contribution in [2.75, 3.05) is 0 Å². The van der Waals surface area contributed by atoms with Crippen molar-refractivity contribution >= 4 is 52.9 Å². The van der Waals surface area contributed by atoms with E-state index in [1.165, 1.54) is 11.8 Å². The summed E-state index contributed by atoms with van der Waals surface area (Å²) in [6.07, 6.45) is 9.39. The van der Waals surface area contributed by atoms with E-state index < -0.39 is 22.9 Å². The van der Waals surface area contributed by atoms with E-state index >= 15 is 0 Å². The van der Waals surface area contributed by atoms with Crippen LogP contribution in [0, 0.1) is 11.6 Å². The number of halogens is 2. The summed E-state index contributed by atoms with van der Waals surface area (Å²) >= 11 is 1.37. The highest BCUT2D eigenvalue weighted by Gasteiger charge is 2.27. The highest BCUT2D eigenvalue weighted by atomic mass is 32.2. The first-order valence-corrected chi connectivity index (χ1v) is 11.9. The van der Waals surface area contributed by atoms with Crippen molar-refractivity contribution in [3.8, 4) is 0 Å². The van der Waals surface area contributed by atoms with Crippen molar-refractivity contribution in [2.24, 2.45) is 0 Å². The van der Waals surface area contributed by atoms with E-state index in [1.54, 1.807) is 25.3 Å². The molecule has 7 heteroatoms. The number of hydrogen-bond donors (Lipinski definition) is 1. The van der Waals surface area contributed by atoms with Gasteiger partial charge >= 0.3 is 5.97 Å². The molecular formula is C28H20F2N2O2S. The van der Waals surface area contributed by atoms with Crippen molar-refractivity contribution in [3.63, 3.8) is 0 Å². The van der Waals surface area contributed by atoms with Gasteiger partial charge in [-0.2, -0.15) is 0 Å². The Bertz CT molecular complexity index is 1520. The van der Waals surface area contributed by atoms with Crippen LogP contribution in [0.2, 0.25) is 0 Å². The molecule has 2 unspecified atom stereocenters. The van der Waals surface area contributed by atoms with Crippen molar-refractivity contribution in [2.45, 2.75) is 17.4 Å². The maximum atomic E-state index is 13.6. The number of aromatic nitrogens is 2. The molecule has 0 fully saturated rings. The molecule has 174 valence electrons. The summed E-state index contributed by atoms with van der Waals surface area (Å²) in [6, 6.07) is 15.5. The molecule has 2 atom stereocenters. The van der Waals surface area contributed by atoms with Gasteiger partial charge in [-0.3, -0.25) is 9.78 Å². The molecule has 0 saturated carbocycles. The van der Waals surface area contributed by atoms with Crippen molar-refractivity contribution in [3.05, 3.63) is 106 Å². The molecule has 1 aliphatic rings. The Kier molecular flexibility index (Phi) is 6.17. The van der Waals surface area contributed by atoms with E-state index in [-0.39, 0.29) is 5.25 Å². The first-order chi connectivity index (χ1) is 16.9. The van der Waals surface area contributed by atoms with Crippen LogP contribution in [-0.2, 0) is 4.79 Å². The van der Waals surface area contributed by atoms with Gasteiger partial charge in [-0.15, -0.1) is 11.8 Å². The number of hydrogen-bond acceptors (Lipinski definition) is 4. The molecular weight excluding hydrogens is 466 g/mol. The zero-order valence-corrected chi connectivity index (χ0v) is 19.5. The van der Waals surface area contributed by atoms with Crippen LogP contribution in [0.5, 0.6) is 0 Å². The van der Waals surface area contributed by atoms with Gasteiger partial charge in [0, 0.05) is 17.6 Å². The van der Waals surface area contributed by atoms with Crippen LogP contribution in [0.15, 0.2) is 60.8 Å². The molecule has 0 radical (unpaired) electrons. The van der Waals surface area contributed by atoms with Crippen LogP contribution < -0.4 is 0 Å². The molecule has 0 saturated heterocycles. The Balaban J connectivity index is 1.52. The Labute approximate surface area is 205 Å². The molecule has 1 N–H and O–H groups in total. The van der Waals surface area contributed by atoms with Gasteiger partial charge in [0.1, 0.15) is 5.25 Å². The number of aliphatic carboxylic acids is 1. The molecule has 4 aromatic rings. The molecule has 0 spiro atoms. The van der Waals surface area contributed by atoms with Gasteiger partial charge in [-0.1, -0.05) is 36.4 Å². The number of benzene rings is 2. The maximum absolute atomic E-state index is 13.6. The quantitative estimate of drug-likeness (QED) is 0.334. The van der Waals surface area contributed by atoms with Gasteiger partial charge < -0.3 is 5.11 Å².